The summed E-state index contributed by atoms with van der Waals surface area (Å²) in [5.74, 6) is 3.56. The summed E-state index contributed by atoms with van der Waals surface area (Å²) in [5.41, 5.74) is 5.72. The van der Waals surface area contributed by atoms with E-state index in [1.165, 1.54) is 0 Å². The van der Waals surface area contributed by atoms with Crippen molar-refractivity contribution in [2.24, 2.45) is 9.98 Å². The molecule has 7 rings (SSSR count). The Balaban J connectivity index is 1.48. The van der Waals surface area contributed by atoms with E-state index >= 15 is 0 Å². The first-order chi connectivity index (χ1) is 19.6. The number of hydrogen-bond acceptors (Lipinski definition) is 7. The van der Waals surface area contributed by atoms with Crippen molar-refractivity contribution >= 4 is 50.5 Å². The maximum atomic E-state index is 5.35. The number of aryl methyl sites for hydroxylation is 1. The molecule has 4 heterocycles. The number of ether oxygens (including phenoxy) is 1. The standard InChI is InChI=1S/C31H24BrN7O/c1-19-27-28(20-8-7-9-21(32)18-20)38-25-11-4-3-10-24(25)35-29(34-22-13-15-23(40-2)16-14-22)31(38)36-30(27)39(37-19)26-12-5-6-17-33-26/h3-18,28H,1-2H3,(H,34,35)/t28-/m1/s1. The summed E-state index contributed by atoms with van der Waals surface area (Å²) in [6.07, 6.45) is 1.77. The second-order valence-electron chi connectivity index (χ2n) is 9.49. The number of benzene rings is 3. The minimum atomic E-state index is -0.207. The largest absolute Gasteiger partial charge is 0.497 e. The van der Waals surface area contributed by atoms with Crippen LogP contribution < -0.4 is 15.0 Å². The van der Waals surface area contributed by atoms with Gasteiger partial charge in [-0.05, 0) is 73.2 Å². The molecular formula is C31H24BrN7O. The lowest BCUT2D eigenvalue weighted by Gasteiger charge is -2.40. The maximum Gasteiger partial charge on any atom is 0.179 e. The van der Waals surface area contributed by atoms with Gasteiger partial charge in [-0.2, -0.15) is 9.78 Å². The van der Waals surface area contributed by atoms with Gasteiger partial charge >= 0.3 is 0 Å². The predicted molar refractivity (Wildman–Crippen MR) is 162 cm³/mol. The first-order valence-corrected chi connectivity index (χ1v) is 13.6. The van der Waals surface area contributed by atoms with E-state index in [-0.39, 0.29) is 6.04 Å². The van der Waals surface area contributed by atoms with Gasteiger partial charge in [0.15, 0.2) is 23.3 Å². The molecule has 2 aliphatic rings. The van der Waals surface area contributed by atoms with Gasteiger partial charge in [-0.1, -0.05) is 46.3 Å². The molecule has 0 saturated heterocycles. The van der Waals surface area contributed by atoms with Crippen LogP contribution in [-0.2, 0) is 0 Å². The van der Waals surface area contributed by atoms with Gasteiger partial charge in [0, 0.05) is 21.9 Å². The highest BCUT2D eigenvalue weighted by Crippen LogP contribution is 2.48. The highest BCUT2D eigenvalue weighted by Gasteiger charge is 2.41. The average molecular weight is 590 g/mol. The summed E-state index contributed by atoms with van der Waals surface area (Å²) < 4.78 is 8.18. The number of nitrogens with zero attached hydrogens (tertiary/aromatic N) is 6. The monoisotopic (exact) mass is 589 g/mol. The molecule has 0 unspecified atom stereocenters. The molecule has 0 amide bonds. The van der Waals surface area contributed by atoms with Crippen molar-refractivity contribution in [1.29, 1.82) is 0 Å². The summed E-state index contributed by atoms with van der Waals surface area (Å²) in [5, 5.41) is 8.46. The molecule has 0 bridgehead atoms. The van der Waals surface area contributed by atoms with Crippen molar-refractivity contribution in [2.45, 2.75) is 13.0 Å². The van der Waals surface area contributed by atoms with Crippen molar-refractivity contribution in [1.82, 2.24) is 14.8 Å². The zero-order valence-corrected chi connectivity index (χ0v) is 23.4. The zero-order chi connectivity index (χ0) is 27.2. The van der Waals surface area contributed by atoms with Crippen LogP contribution in [-0.4, -0.2) is 33.5 Å². The van der Waals surface area contributed by atoms with E-state index < -0.39 is 0 Å². The number of fused-ring (bicyclic) bond motifs is 4. The van der Waals surface area contributed by atoms with E-state index in [1.54, 1.807) is 13.3 Å². The molecule has 1 N–H and O–H groups in total. The van der Waals surface area contributed by atoms with Crippen LogP contribution >= 0.6 is 15.9 Å². The third kappa shape index (κ3) is 4.06. The number of methoxy groups -OCH3 is 1. The Morgan fingerprint density at radius 2 is 1.73 bits per heavy atom. The van der Waals surface area contributed by atoms with Gasteiger partial charge in [0.05, 0.1) is 30.2 Å². The fourth-order valence-electron chi connectivity index (χ4n) is 5.24. The fourth-order valence-corrected chi connectivity index (χ4v) is 5.66. The van der Waals surface area contributed by atoms with Crippen LogP contribution in [0.1, 0.15) is 22.9 Å². The second-order valence-corrected chi connectivity index (χ2v) is 10.4. The molecular weight excluding hydrogens is 566 g/mol. The normalized spacial score (nSPS) is 15.4. The van der Waals surface area contributed by atoms with E-state index in [2.05, 4.69) is 55.4 Å². The molecule has 0 fully saturated rings. The van der Waals surface area contributed by atoms with Gasteiger partial charge in [-0.15, -0.1) is 0 Å². The first kappa shape index (κ1) is 24.3. The number of nitrogens with one attached hydrogen (secondary N) is 1. The minimum absolute atomic E-state index is 0.207. The van der Waals surface area contributed by atoms with E-state index in [1.807, 2.05) is 78.3 Å². The Hall–Kier alpha value is -4.76. The number of amidine groups is 2. The van der Waals surface area contributed by atoms with Crippen molar-refractivity contribution in [3.63, 3.8) is 0 Å². The van der Waals surface area contributed by atoms with Gasteiger partial charge in [-0.25, -0.2) is 15.0 Å². The Bertz CT molecular complexity index is 1790. The number of aliphatic imine (C=N–C) groups is 2. The molecule has 8 nitrogen and oxygen atoms in total. The molecule has 9 heteroatoms. The predicted octanol–water partition coefficient (Wildman–Crippen LogP) is 7.14. The molecule has 0 radical (unpaired) electrons. The summed E-state index contributed by atoms with van der Waals surface area (Å²) in [4.78, 5) is 17.1. The quantitative estimate of drug-likeness (QED) is 0.241. The fraction of sp³-hybridized carbons (Fsp3) is 0.0968. The highest BCUT2D eigenvalue weighted by molar-refractivity contribution is 9.10. The van der Waals surface area contributed by atoms with Gasteiger partial charge in [0.25, 0.3) is 0 Å². The van der Waals surface area contributed by atoms with E-state index in [0.717, 1.165) is 49.9 Å². The Morgan fingerprint density at radius 1 is 0.900 bits per heavy atom. The number of halogens is 1. The van der Waals surface area contributed by atoms with Crippen LogP contribution in [0.25, 0.3) is 5.82 Å². The summed E-state index contributed by atoms with van der Waals surface area (Å²) in [7, 11) is 1.66. The second kappa shape index (κ2) is 9.77. The topological polar surface area (TPSA) is 79.9 Å². The number of anilines is 2. The Morgan fingerprint density at radius 3 is 2.50 bits per heavy atom. The van der Waals surface area contributed by atoms with Crippen molar-refractivity contribution in [3.05, 3.63) is 118 Å². The number of rotatable bonds is 4. The molecule has 0 aliphatic carbocycles. The van der Waals surface area contributed by atoms with Gasteiger partial charge in [-0.3, -0.25) is 0 Å². The van der Waals surface area contributed by atoms with Gasteiger partial charge in [0.1, 0.15) is 5.75 Å². The maximum absolute atomic E-state index is 5.35. The molecule has 1 atom stereocenters. The number of pyridine rings is 1. The molecule has 196 valence electrons. The first-order valence-electron chi connectivity index (χ1n) is 12.8. The lowest BCUT2D eigenvalue weighted by Crippen LogP contribution is -2.46. The van der Waals surface area contributed by atoms with E-state index in [9.17, 15) is 0 Å². The zero-order valence-electron chi connectivity index (χ0n) is 21.8. The molecule has 0 spiro atoms. The minimum Gasteiger partial charge on any atom is -0.497 e. The van der Waals surface area contributed by atoms with E-state index in [4.69, 9.17) is 19.8 Å². The molecule has 2 aliphatic heterocycles. The Labute approximate surface area is 239 Å². The van der Waals surface area contributed by atoms with Gasteiger partial charge < -0.3 is 15.0 Å². The lowest BCUT2D eigenvalue weighted by molar-refractivity contribution is 0.415. The smallest absolute Gasteiger partial charge is 0.179 e. The van der Waals surface area contributed by atoms with Crippen LogP contribution in [0, 0.1) is 6.92 Å². The van der Waals surface area contributed by atoms with Crippen LogP contribution in [0.4, 0.5) is 22.9 Å². The van der Waals surface area contributed by atoms with Crippen LogP contribution in [0.5, 0.6) is 5.75 Å². The summed E-state index contributed by atoms with van der Waals surface area (Å²) >= 11 is 3.69. The van der Waals surface area contributed by atoms with Crippen molar-refractivity contribution < 1.29 is 4.74 Å². The Kier molecular flexibility index (Phi) is 5.93. The van der Waals surface area contributed by atoms with Crippen LogP contribution in [0.3, 0.4) is 0 Å². The van der Waals surface area contributed by atoms with Crippen molar-refractivity contribution in [2.75, 3.05) is 17.3 Å². The average Bonchev–Trinajstić information content (AvgIpc) is 3.33. The number of hydrogen-bond donors (Lipinski definition) is 1. The number of aromatic nitrogens is 3. The molecule has 40 heavy (non-hydrogen) atoms. The third-order valence-corrected chi connectivity index (χ3v) is 7.51. The third-order valence-electron chi connectivity index (χ3n) is 7.02. The lowest BCUT2D eigenvalue weighted by atomic mass is 9.93. The molecule has 0 saturated carbocycles. The summed E-state index contributed by atoms with van der Waals surface area (Å²) in [6.45, 7) is 2.03. The SMILES string of the molecule is COc1ccc(NC2=Nc3ccccc3N3C2=Nc2c(c(C)nn2-c2ccccn2)[C@H]3c2cccc(Br)c2)cc1. The van der Waals surface area contributed by atoms with Crippen LogP contribution in [0.2, 0.25) is 0 Å². The molecule has 2 aromatic heterocycles. The van der Waals surface area contributed by atoms with E-state index in [0.29, 0.717) is 17.5 Å². The number of para-hydroxylation sites is 2. The molecule has 3 aromatic carbocycles. The highest BCUT2D eigenvalue weighted by atomic mass is 79.9. The molecule has 5 aromatic rings. The van der Waals surface area contributed by atoms with Gasteiger partial charge in [0.2, 0.25) is 0 Å². The summed E-state index contributed by atoms with van der Waals surface area (Å²) in [6, 6.07) is 29.9. The van der Waals surface area contributed by atoms with Crippen LogP contribution in [0.15, 0.2) is 112 Å². The van der Waals surface area contributed by atoms with Crippen molar-refractivity contribution in [3.8, 4) is 11.6 Å².